The van der Waals surface area contributed by atoms with E-state index >= 15 is 0 Å². The van der Waals surface area contributed by atoms with Gasteiger partial charge in [-0.2, -0.15) is 0 Å². The lowest BCUT2D eigenvalue weighted by Gasteiger charge is -2.18. The van der Waals surface area contributed by atoms with Gasteiger partial charge in [0.05, 0.1) is 0 Å². The second-order valence-corrected chi connectivity index (χ2v) is 4.35. The molecule has 3 nitrogen and oxygen atoms in total. The molecular weight excluding hydrogens is 176 g/mol. The van der Waals surface area contributed by atoms with Crippen LogP contribution in [0.1, 0.15) is 33.6 Å². The van der Waals surface area contributed by atoms with Gasteiger partial charge >= 0.3 is 0 Å². The van der Waals surface area contributed by atoms with Crippen molar-refractivity contribution in [2.24, 2.45) is 0 Å². The van der Waals surface area contributed by atoms with Gasteiger partial charge < -0.3 is 10.2 Å². The molecule has 3 heteroatoms. The second-order valence-electron chi connectivity index (χ2n) is 4.35. The summed E-state index contributed by atoms with van der Waals surface area (Å²) in [6.45, 7) is 9.39. The van der Waals surface area contributed by atoms with E-state index in [2.05, 4.69) is 24.1 Å². The molecule has 1 N–H and O–H groups in total. The van der Waals surface area contributed by atoms with Gasteiger partial charge in [0, 0.05) is 32.1 Å². The number of amides is 1. The van der Waals surface area contributed by atoms with E-state index in [0.29, 0.717) is 12.5 Å². The molecule has 14 heavy (non-hydrogen) atoms. The number of nitrogens with zero attached hydrogens (tertiary/aromatic N) is 1. The number of hydrogen-bond donors (Lipinski definition) is 1. The van der Waals surface area contributed by atoms with Gasteiger partial charge in [-0.05, 0) is 12.3 Å². The quantitative estimate of drug-likeness (QED) is 0.734. The summed E-state index contributed by atoms with van der Waals surface area (Å²) >= 11 is 0. The molecule has 1 heterocycles. The summed E-state index contributed by atoms with van der Waals surface area (Å²) in [6.07, 6.45) is 1.69. The molecule has 0 saturated carbocycles. The Kier molecular flexibility index (Phi) is 4.39. The fourth-order valence-electron chi connectivity index (χ4n) is 1.87. The van der Waals surface area contributed by atoms with Gasteiger partial charge in [0.2, 0.25) is 5.91 Å². The first-order chi connectivity index (χ1) is 6.61. The number of carbonyl (C=O) groups excluding carboxylic acids is 1. The smallest absolute Gasteiger partial charge is 0.219 e. The maximum absolute atomic E-state index is 11.2. The normalized spacial score (nSPS) is 23.0. The lowest BCUT2D eigenvalue weighted by molar-refractivity contribution is -0.121. The Labute approximate surface area is 86.9 Å². The van der Waals surface area contributed by atoms with Crippen LogP contribution in [-0.4, -0.2) is 36.5 Å². The van der Waals surface area contributed by atoms with Crippen LogP contribution in [-0.2, 0) is 4.79 Å². The van der Waals surface area contributed by atoms with Gasteiger partial charge in [-0.25, -0.2) is 0 Å². The van der Waals surface area contributed by atoms with E-state index in [0.717, 1.165) is 26.1 Å². The second kappa shape index (κ2) is 5.35. The van der Waals surface area contributed by atoms with Crippen LogP contribution < -0.4 is 5.32 Å². The Hall–Kier alpha value is -0.570. The largest absolute Gasteiger partial charge is 0.352 e. The maximum atomic E-state index is 11.2. The molecule has 1 saturated heterocycles. The van der Waals surface area contributed by atoms with E-state index in [1.165, 1.54) is 5.92 Å². The topological polar surface area (TPSA) is 32.3 Å². The molecule has 0 aromatic rings. The van der Waals surface area contributed by atoms with Crippen LogP contribution in [0.3, 0.4) is 0 Å². The zero-order valence-corrected chi connectivity index (χ0v) is 9.47. The van der Waals surface area contributed by atoms with Crippen LogP contribution in [0.15, 0.2) is 0 Å². The average Bonchev–Trinajstić information content (AvgIpc) is 2.51. The van der Waals surface area contributed by atoms with Crippen molar-refractivity contribution in [3.63, 3.8) is 0 Å². The van der Waals surface area contributed by atoms with E-state index in [4.69, 9.17) is 0 Å². The minimum absolute atomic E-state index is 0.175. The zero-order chi connectivity index (χ0) is 10.6. The first-order valence-electron chi connectivity index (χ1n) is 5.42. The van der Waals surface area contributed by atoms with Gasteiger partial charge in [-0.3, -0.25) is 4.79 Å². The van der Waals surface area contributed by atoms with Crippen molar-refractivity contribution in [2.75, 3.05) is 19.6 Å². The summed E-state index contributed by atoms with van der Waals surface area (Å²) in [5.41, 5.74) is 0. The molecule has 0 aromatic heterocycles. The summed E-state index contributed by atoms with van der Waals surface area (Å²) in [5.74, 6) is 1.61. The Morgan fingerprint density at radius 2 is 2.21 bits per heavy atom. The fraction of sp³-hybridized carbons (Fsp3) is 0.818. The summed E-state index contributed by atoms with van der Waals surface area (Å²) < 4.78 is 0. The van der Waals surface area contributed by atoms with Crippen molar-refractivity contribution in [1.29, 1.82) is 0 Å². The van der Waals surface area contributed by atoms with Crippen LogP contribution in [0.25, 0.3) is 0 Å². The summed E-state index contributed by atoms with van der Waals surface area (Å²) in [5, 5.41) is 3.04. The summed E-state index contributed by atoms with van der Waals surface area (Å²) in [4.78, 5) is 13.6. The Bertz CT molecular complexity index is 192. The van der Waals surface area contributed by atoms with Crippen molar-refractivity contribution in [3.8, 4) is 0 Å². The van der Waals surface area contributed by atoms with E-state index in [1.54, 1.807) is 0 Å². The molecule has 1 atom stereocenters. The standard InChI is InChI=1S/C11H21N2O/c1-4-11(14)12-10-5-6-13(8-10)7-9(2)3/h10H,4-8H2,1-3H3,(H,12,14)/t10-/m1/s1. The molecular formula is C11H21N2O. The monoisotopic (exact) mass is 197 g/mol. The van der Waals surface area contributed by atoms with Crippen molar-refractivity contribution >= 4 is 5.91 Å². The van der Waals surface area contributed by atoms with Crippen LogP contribution >= 0.6 is 0 Å². The first kappa shape index (κ1) is 11.5. The number of hydrogen-bond acceptors (Lipinski definition) is 2. The minimum atomic E-state index is 0.175. The third-order valence-corrected chi connectivity index (χ3v) is 2.50. The lowest BCUT2D eigenvalue weighted by atomic mass is 10.2. The van der Waals surface area contributed by atoms with Crippen molar-refractivity contribution in [1.82, 2.24) is 10.2 Å². The van der Waals surface area contributed by atoms with Crippen molar-refractivity contribution in [2.45, 2.75) is 39.7 Å². The van der Waals surface area contributed by atoms with Crippen LogP contribution in [0.4, 0.5) is 0 Å². The van der Waals surface area contributed by atoms with Gasteiger partial charge in [0.25, 0.3) is 0 Å². The molecule has 0 spiro atoms. The van der Waals surface area contributed by atoms with Crippen LogP contribution in [0.2, 0.25) is 0 Å². The molecule has 0 unspecified atom stereocenters. The lowest BCUT2D eigenvalue weighted by Crippen LogP contribution is -2.37. The Morgan fingerprint density at radius 3 is 2.79 bits per heavy atom. The molecule has 1 aliphatic heterocycles. The molecule has 1 rings (SSSR count). The predicted octanol–water partition coefficient (Wildman–Crippen LogP) is 1.20. The highest BCUT2D eigenvalue weighted by Gasteiger charge is 2.23. The first-order valence-corrected chi connectivity index (χ1v) is 5.42. The number of nitrogens with one attached hydrogen (secondary N) is 1. The average molecular weight is 197 g/mol. The zero-order valence-electron chi connectivity index (χ0n) is 9.47. The van der Waals surface area contributed by atoms with Crippen molar-refractivity contribution < 1.29 is 4.79 Å². The molecule has 1 fully saturated rings. The predicted molar refractivity (Wildman–Crippen MR) is 57.9 cm³/mol. The third kappa shape index (κ3) is 3.66. The molecule has 0 aromatic carbocycles. The highest BCUT2D eigenvalue weighted by atomic mass is 16.1. The maximum Gasteiger partial charge on any atom is 0.219 e. The van der Waals surface area contributed by atoms with Gasteiger partial charge in [0.15, 0.2) is 0 Å². The van der Waals surface area contributed by atoms with Gasteiger partial charge in [0.1, 0.15) is 0 Å². The minimum Gasteiger partial charge on any atom is -0.352 e. The van der Waals surface area contributed by atoms with Crippen LogP contribution in [0, 0.1) is 5.92 Å². The summed E-state index contributed by atoms with van der Waals surface area (Å²) in [6, 6.07) is 0.377. The van der Waals surface area contributed by atoms with E-state index < -0.39 is 0 Å². The fourth-order valence-corrected chi connectivity index (χ4v) is 1.87. The molecule has 0 bridgehead atoms. The molecule has 1 amide bonds. The number of rotatable bonds is 4. The van der Waals surface area contributed by atoms with Crippen LogP contribution in [0.5, 0.6) is 0 Å². The highest BCUT2D eigenvalue weighted by molar-refractivity contribution is 5.75. The van der Waals surface area contributed by atoms with Crippen molar-refractivity contribution in [3.05, 3.63) is 5.92 Å². The summed E-state index contributed by atoms with van der Waals surface area (Å²) in [7, 11) is 0. The van der Waals surface area contributed by atoms with E-state index in [-0.39, 0.29) is 5.91 Å². The van der Waals surface area contributed by atoms with E-state index in [1.807, 2.05) is 6.92 Å². The SMILES string of the molecule is CCC(=O)N[C@@H]1CCN(C[C](C)C)C1. The molecule has 0 aliphatic carbocycles. The number of carbonyl (C=O) groups is 1. The van der Waals surface area contributed by atoms with E-state index in [9.17, 15) is 4.79 Å². The Balaban J connectivity index is 2.23. The molecule has 1 radical (unpaired) electrons. The van der Waals surface area contributed by atoms with Gasteiger partial charge in [-0.15, -0.1) is 0 Å². The van der Waals surface area contributed by atoms with Gasteiger partial charge in [-0.1, -0.05) is 20.8 Å². The molecule has 1 aliphatic rings. The third-order valence-electron chi connectivity index (χ3n) is 2.50. The Morgan fingerprint density at radius 1 is 1.50 bits per heavy atom. The highest BCUT2D eigenvalue weighted by Crippen LogP contribution is 2.11. The number of likely N-dealkylation sites (tertiary alicyclic amines) is 1. The molecule has 81 valence electrons.